The molecule has 3 nitrogen and oxygen atoms in total. The summed E-state index contributed by atoms with van der Waals surface area (Å²) >= 11 is 0. The van der Waals surface area contributed by atoms with Crippen molar-refractivity contribution in [1.82, 2.24) is 15.0 Å². The third kappa shape index (κ3) is 6.35. The summed E-state index contributed by atoms with van der Waals surface area (Å²) in [5, 5.41) is 0. The molecule has 2 spiro atoms. The van der Waals surface area contributed by atoms with Gasteiger partial charge < -0.3 is 0 Å². The molecule has 2 fully saturated rings. The Balaban J connectivity index is 0.838. The quantitative estimate of drug-likeness (QED) is 0.167. The molecule has 4 aliphatic carbocycles. The van der Waals surface area contributed by atoms with Crippen LogP contribution in [0, 0.1) is 0 Å². The predicted octanol–water partition coefficient (Wildman–Crippen LogP) is 16.3. The molecule has 9 aromatic rings. The van der Waals surface area contributed by atoms with Crippen LogP contribution in [0.15, 0.2) is 188 Å². The first-order valence-electron chi connectivity index (χ1n) is 24.3. The van der Waals surface area contributed by atoms with E-state index in [-0.39, 0.29) is 10.8 Å². The molecular weight excluding hydrogens is 799 g/mol. The first kappa shape index (κ1) is 39.2. The highest BCUT2D eigenvalue weighted by molar-refractivity contribution is 5.91. The van der Waals surface area contributed by atoms with Crippen LogP contribution in [0.4, 0.5) is 0 Å². The summed E-state index contributed by atoms with van der Waals surface area (Å²) in [6.07, 6.45) is 12.9. The first-order chi connectivity index (χ1) is 32.6. The maximum atomic E-state index is 5.07. The van der Waals surface area contributed by atoms with Crippen molar-refractivity contribution >= 4 is 0 Å². The highest BCUT2D eigenvalue weighted by Gasteiger charge is 2.49. The van der Waals surface area contributed by atoms with Crippen molar-refractivity contribution in [2.75, 3.05) is 0 Å². The molecule has 318 valence electrons. The number of fused-ring (bicyclic) bond motifs is 10. The van der Waals surface area contributed by atoms with E-state index in [0.717, 1.165) is 22.3 Å². The number of hydrogen-bond donors (Lipinski definition) is 0. The lowest BCUT2D eigenvalue weighted by Gasteiger charge is -2.37. The third-order valence-electron chi connectivity index (χ3n) is 15.8. The van der Waals surface area contributed by atoms with Crippen LogP contribution >= 0.6 is 0 Å². The van der Waals surface area contributed by atoms with Gasteiger partial charge in [0.25, 0.3) is 0 Å². The zero-order chi connectivity index (χ0) is 43.7. The lowest BCUT2D eigenvalue weighted by atomic mass is 9.66. The van der Waals surface area contributed by atoms with Crippen LogP contribution in [0.2, 0.25) is 0 Å². The minimum atomic E-state index is 0.0690. The average Bonchev–Trinajstić information content (AvgIpc) is 3.80. The molecule has 0 saturated heterocycles. The standard InChI is InChI=1S/C63H51N3/c1-5-16-42(17-6-1)43-24-28-46(29-25-43)60-64-59(45-18-7-2-8-19-45)65-61(66-60)47-30-26-44(27-31-47)48-20-15-21-49(38-48)50-32-33-52-54-41-57-53(40-58(54)63(56(52)39-50)36-13-4-14-37-63)51-22-9-10-23-55(51)62(57)34-11-3-12-35-62/h1-2,5-10,15-33,38-41H,3-4,11-14,34-37H2. The van der Waals surface area contributed by atoms with Gasteiger partial charge in [0.05, 0.1) is 0 Å². The molecule has 0 N–H and O–H groups in total. The first-order valence-corrected chi connectivity index (χ1v) is 24.3. The normalized spacial score (nSPS) is 16.1. The molecule has 0 atom stereocenters. The second kappa shape index (κ2) is 15.7. The molecule has 0 unspecified atom stereocenters. The summed E-state index contributed by atoms with van der Waals surface area (Å²) in [7, 11) is 0. The lowest BCUT2D eigenvalue weighted by molar-refractivity contribution is 0.350. The third-order valence-corrected chi connectivity index (χ3v) is 15.8. The van der Waals surface area contributed by atoms with Crippen LogP contribution in [0.5, 0.6) is 0 Å². The Kier molecular flexibility index (Phi) is 9.34. The Labute approximate surface area is 388 Å². The fourth-order valence-electron chi connectivity index (χ4n) is 12.5. The van der Waals surface area contributed by atoms with E-state index < -0.39 is 0 Å². The van der Waals surface area contributed by atoms with E-state index in [1.165, 1.54) is 114 Å². The number of rotatable bonds is 6. The zero-order valence-corrected chi connectivity index (χ0v) is 37.3. The molecule has 4 aliphatic rings. The monoisotopic (exact) mass is 849 g/mol. The smallest absolute Gasteiger partial charge is 0.164 e. The van der Waals surface area contributed by atoms with Crippen LogP contribution in [0.25, 0.3) is 89.8 Å². The molecule has 0 amide bonds. The van der Waals surface area contributed by atoms with Gasteiger partial charge >= 0.3 is 0 Å². The number of hydrogen-bond acceptors (Lipinski definition) is 3. The van der Waals surface area contributed by atoms with E-state index >= 15 is 0 Å². The molecule has 66 heavy (non-hydrogen) atoms. The Bertz CT molecular complexity index is 3280. The minimum Gasteiger partial charge on any atom is -0.208 e. The van der Waals surface area contributed by atoms with Crippen LogP contribution in [-0.2, 0) is 10.8 Å². The zero-order valence-electron chi connectivity index (χ0n) is 37.3. The van der Waals surface area contributed by atoms with Crippen molar-refractivity contribution in [3.8, 4) is 89.8 Å². The Morgan fingerprint density at radius 3 is 1.18 bits per heavy atom. The maximum absolute atomic E-state index is 5.07. The number of nitrogens with zero attached hydrogens (tertiary/aromatic N) is 3. The van der Waals surface area contributed by atoms with Crippen LogP contribution in [0.1, 0.15) is 86.5 Å². The van der Waals surface area contributed by atoms with Gasteiger partial charge in [-0.05, 0) is 128 Å². The summed E-state index contributed by atoms with van der Waals surface area (Å²) in [6, 6.07) is 69.2. The van der Waals surface area contributed by atoms with Gasteiger partial charge in [-0.3, -0.25) is 0 Å². The van der Waals surface area contributed by atoms with E-state index in [0.29, 0.717) is 17.5 Å². The molecule has 0 radical (unpaired) electrons. The lowest BCUT2D eigenvalue weighted by Crippen LogP contribution is -2.29. The van der Waals surface area contributed by atoms with Gasteiger partial charge in [0.2, 0.25) is 0 Å². The van der Waals surface area contributed by atoms with E-state index in [4.69, 9.17) is 15.0 Å². The molecule has 1 aromatic heterocycles. The summed E-state index contributed by atoms with van der Waals surface area (Å²) < 4.78 is 0. The second-order valence-electron chi connectivity index (χ2n) is 19.3. The molecule has 13 rings (SSSR count). The topological polar surface area (TPSA) is 38.7 Å². The van der Waals surface area contributed by atoms with Crippen LogP contribution < -0.4 is 0 Å². The van der Waals surface area contributed by atoms with Gasteiger partial charge in [-0.15, -0.1) is 0 Å². The van der Waals surface area contributed by atoms with E-state index in [2.05, 4.69) is 164 Å². The maximum Gasteiger partial charge on any atom is 0.164 e. The van der Waals surface area contributed by atoms with Crippen molar-refractivity contribution in [2.24, 2.45) is 0 Å². The molecule has 1 heterocycles. The van der Waals surface area contributed by atoms with E-state index in [9.17, 15) is 0 Å². The van der Waals surface area contributed by atoms with Gasteiger partial charge in [0, 0.05) is 27.5 Å². The SMILES string of the molecule is c1ccc(-c2ccc(-c3nc(-c4ccccc4)nc(-c4ccc(-c5cccc(-c6ccc7c(c6)C6(CCCCC6)c6cc8c(cc6-7)C6(CCCCC6)c6ccccc6-8)c5)cc4)n3)cc2)cc1. The Morgan fingerprint density at radius 1 is 0.242 bits per heavy atom. The number of benzene rings is 8. The van der Waals surface area contributed by atoms with Crippen LogP contribution in [0.3, 0.4) is 0 Å². The average molecular weight is 850 g/mol. The minimum absolute atomic E-state index is 0.0690. The highest BCUT2D eigenvalue weighted by Crippen LogP contribution is 2.62. The summed E-state index contributed by atoms with van der Waals surface area (Å²) in [5.41, 5.74) is 22.7. The van der Waals surface area contributed by atoms with Gasteiger partial charge in [0.15, 0.2) is 17.5 Å². The predicted molar refractivity (Wildman–Crippen MR) is 271 cm³/mol. The van der Waals surface area contributed by atoms with Crippen LogP contribution in [-0.4, -0.2) is 15.0 Å². The van der Waals surface area contributed by atoms with Crippen molar-refractivity contribution in [2.45, 2.75) is 75.0 Å². The summed E-state index contributed by atoms with van der Waals surface area (Å²) in [6.45, 7) is 0. The van der Waals surface area contributed by atoms with E-state index in [1.807, 2.05) is 24.3 Å². The van der Waals surface area contributed by atoms with Gasteiger partial charge in [-0.25, -0.2) is 15.0 Å². The van der Waals surface area contributed by atoms with Crippen molar-refractivity contribution in [3.63, 3.8) is 0 Å². The van der Waals surface area contributed by atoms with Gasteiger partial charge in [0.1, 0.15) is 0 Å². The largest absolute Gasteiger partial charge is 0.208 e. The molecular formula is C63H51N3. The molecule has 0 bridgehead atoms. The molecule has 0 aliphatic heterocycles. The van der Waals surface area contributed by atoms with E-state index in [1.54, 1.807) is 22.3 Å². The van der Waals surface area contributed by atoms with Gasteiger partial charge in [-0.2, -0.15) is 0 Å². The molecule has 3 heteroatoms. The molecule has 8 aromatic carbocycles. The molecule has 2 saturated carbocycles. The summed E-state index contributed by atoms with van der Waals surface area (Å²) in [5.74, 6) is 1.98. The fourth-order valence-corrected chi connectivity index (χ4v) is 12.5. The van der Waals surface area contributed by atoms with Crippen molar-refractivity contribution < 1.29 is 0 Å². The van der Waals surface area contributed by atoms with Gasteiger partial charge in [-0.1, -0.05) is 202 Å². The second-order valence-corrected chi connectivity index (χ2v) is 19.3. The summed E-state index contributed by atoms with van der Waals surface area (Å²) in [4.78, 5) is 15.1. The number of aromatic nitrogens is 3. The Morgan fingerprint density at radius 2 is 0.606 bits per heavy atom. The van der Waals surface area contributed by atoms with Crippen molar-refractivity contribution in [3.05, 3.63) is 210 Å². The Hall–Kier alpha value is -7.23. The fraction of sp³-hybridized carbons (Fsp3) is 0.190. The highest BCUT2D eigenvalue weighted by atomic mass is 15.0. The van der Waals surface area contributed by atoms with Crippen molar-refractivity contribution in [1.29, 1.82) is 0 Å².